The molecule has 1 aliphatic carbocycles. The van der Waals surface area contributed by atoms with E-state index in [0.29, 0.717) is 17.5 Å². The van der Waals surface area contributed by atoms with Gasteiger partial charge in [-0.15, -0.1) is 11.8 Å². The molecule has 0 atom stereocenters. The van der Waals surface area contributed by atoms with Crippen molar-refractivity contribution in [2.45, 2.75) is 63.1 Å². The van der Waals surface area contributed by atoms with E-state index in [2.05, 4.69) is 43.4 Å². The van der Waals surface area contributed by atoms with Crippen molar-refractivity contribution >= 4 is 17.7 Å². The van der Waals surface area contributed by atoms with E-state index in [1.807, 2.05) is 31.2 Å². The van der Waals surface area contributed by atoms with Crippen LogP contribution in [-0.2, 0) is 5.75 Å². The molecule has 3 aromatic rings. The molecule has 1 N–H and O–H groups in total. The Morgan fingerprint density at radius 1 is 1.03 bits per heavy atom. The fourth-order valence-corrected chi connectivity index (χ4v) is 4.81. The van der Waals surface area contributed by atoms with Gasteiger partial charge in [-0.1, -0.05) is 24.6 Å². The summed E-state index contributed by atoms with van der Waals surface area (Å²) in [7, 11) is 0. The molecular formula is C26H30N2O2S. The number of thioether (sulfide) groups is 1. The van der Waals surface area contributed by atoms with E-state index >= 15 is 0 Å². The van der Waals surface area contributed by atoms with Crippen LogP contribution in [0.15, 0.2) is 57.8 Å². The average Bonchev–Trinajstić information content (AvgIpc) is 3.15. The molecule has 1 amide bonds. The van der Waals surface area contributed by atoms with Gasteiger partial charge >= 0.3 is 0 Å². The van der Waals surface area contributed by atoms with Gasteiger partial charge in [0.05, 0.1) is 5.69 Å². The first-order valence-electron chi connectivity index (χ1n) is 11.0. The molecule has 1 heterocycles. The maximum absolute atomic E-state index is 12.6. The van der Waals surface area contributed by atoms with Crippen molar-refractivity contribution in [2.75, 3.05) is 0 Å². The topological polar surface area (TPSA) is 55.1 Å². The number of nitrogens with zero attached hydrogens (tertiary/aromatic N) is 1. The Balaban J connectivity index is 1.38. The van der Waals surface area contributed by atoms with E-state index in [-0.39, 0.29) is 5.91 Å². The van der Waals surface area contributed by atoms with Crippen molar-refractivity contribution in [3.05, 3.63) is 71.1 Å². The van der Waals surface area contributed by atoms with Crippen molar-refractivity contribution in [1.29, 1.82) is 0 Å². The lowest BCUT2D eigenvalue weighted by Gasteiger charge is -2.26. The maximum atomic E-state index is 12.6. The monoisotopic (exact) mass is 434 g/mol. The van der Waals surface area contributed by atoms with Crippen molar-refractivity contribution < 1.29 is 9.21 Å². The van der Waals surface area contributed by atoms with Crippen LogP contribution in [0.4, 0.5) is 0 Å². The van der Waals surface area contributed by atoms with Crippen LogP contribution in [0.25, 0.3) is 11.5 Å². The van der Waals surface area contributed by atoms with Gasteiger partial charge in [-0.2, -0.15) is 0 Å². The number of carbonyl (C=O) groups is 1. The summed E-state index contributed by atoms with van der Waals surface area (Å²) in [5, 5.41) is 3.18. The molecule has 1 aromatic heterocycles. The molecule has 0 radical (unpaired) electrons. The Morgan fingerprint density at radius 2 is 1.71 bits per heavy atom. The molecule has 162 valence electrons. The third-order valence-electron chi connectivity index (χ3n) is 6.03. The van der Waals surface area contributed by atoms with Crippen LogP contribution in [-0.4, -0.2) is 16.9 Å². The smallest absolute Gasteiger partial charge is 0.251 e. The number of oxazole rings is 1. The zero-order chi connectivity index (χ0) is 21.8. The second kappa shape index (κ2) is 9.73. The second-order valence-electron chi connectivity index (χ2n) is 8.63. The Hall–Kier alpha value is -2.53. The summed E-state index contributed by atoms with van der Waals surface area (Å²) in [6.07, 6.45) is 4.53. The van der Waals surface area contributed by atoms with E-state index in [4.69, 9.17) is 9.40 Å². The molecular weight excluding hydrogens is 404 g/mol. The van der Waals surface area contributed by atoms with Crippen LogP contribution in [0.1, 0.15) is 60.0 Å². The normalized spacial score (nSPS) is 18.7. The number of aromatic nitrogens is 1. The second-order valence-corrected chi connectivity index (χ2v) is 9.68. The highest BCUT2D eigenvalue weighted by Crippen LogP contribution is 2.28. The fraction of sp³-hybridized carbons (Fsp3) is 0.385. The number of carbonyl (C=O) groups excluding carboxylic acids is 1. The lowest BCUT2D eigenvalue weighted by molar-refractivity contribution is 0.0923. The predicted octanol–water partition coefficient (Wildman–Crippen LogP) is 6.56. The molecule has 2 aromatic carbocycles. The van der Waals surface area contributed by atoms with E-state index in [1.165, 1.54) is 23.3 Å². The summed E-state index contributed by atoms with van der Waals surface area (Å²) in [6, 6.07) is 16.4. The lowest BCUT2D eigenvalue weighted by atomic mass is 9.87. The number of aryl methyl sites for hydroxylation is 2. The first-order valence-corrected chi connectivity index (χ1v) is 12.0. The number of hydrogen-bond donors (Lipinski definition) is 1. The molecule has 0 aliphatic heterocycles. The zero-order valence-corrected chi connectivity index (χ0v) is 19.3. The molecule has 0 unspecified atom stereocenters. The molecule has 0 spiro atoms. The molecule has 1 aliphatic rings. The van der Waals surface area contributed by atoms with Gasteiger partial charge in [-0.25, -0.2) is 4.98 Å². The molecule has 1 saturated carbocycles. The van der Waals surface area contributed by atoms with Gasteiger partial charge in [-0.3, -0.25) is 4.79 Å². The van der Waals surface area contributed by atoms with E-state index in [9.17, 15) is 4.79 Å². The largest absolute Gasteiger partial charge is 0.441 e. The molecule has 4 nitrogen and oxygen atoms in total. The van der Waals surface area contributed by atoms with Crippen LogP contribution >= 0.6 is 11.8 Å². The Labute approximate surface area is 188 Å². The summed E-state index contributed by atoms with van der Waals surface area (Å²) in [6.45, 7) is 6.33. The Kier molecular flexibility index (Phi) is 6.81. The van der Waals surface area contributed by atoms with Crippen molar-refractivity contribution in [3.63, 3.8) is 0 Å². The summed E-state index contributed by atoms with van der Waals surface area (Å²) in [5.74, 6) is 2.98. The molecule has 4 rings (SSSR count). The van der Waals surface area contributed by atoms with Crippen LogP contribution in [0.5, 0.6) is 0 Å². The van der Waals surface area contributed by atoms with E-state index in [1.54, 1.807) is 11.8 Å². The highest BCUT2D eigenvalue weighted by Gasteiger charge is 2.20. The number of hydrogen-bond acceptors (Lipinski definition) is 4. The van der Waals surface area contributed by atoms with Crippen LogP contribution in [0.3, 0.4) is 0 Å². The highest BCUT2D eigenvalue weighted by atomic mass is 32.2. The molecule has 1 fully saturated rings. The summed E-state index contributed by atoms with van der Waals surface area (Å²) in [5.41, 5.74) is 3.78. The Morgan fingerprint density at radius 3 is 2.39 bits per heavy atom. The molecule has 0 saturated heterocycles. The van der Waals surface area contributed by atoms with Gasteiger partial charge in [0.25, 0.3) is 5.91 Å². The number of rotatable bonds is 6. The zero-order valence-electron chi connectivity index (χ0n) is 18.5. The maximum Gasteiger partial charge on any atom is 0.251 e. The molecule has 31 heavy (non-hydrogen) atoms. The first kappa shape index (κ1) is 21.7. The van der Waals surface area contributed by atoms with Gasteiger partial charge < -0.3 is 9.73 Å². The third-order valence-corrected chi connectivity index (χ3v) is 7.06. The van der Waals surface area contributed by atoms with Crippen LogP contribution < -0.4 is 5.32 Å². The minimum absolute atomic E-state index is 0.00451. The van der Waals surface area contributed by atoms with Crippen molar-refractivity contribution in [3.8, 4) is 11.5 Å². The number of nitrogens with one attached hydrogen (secondary N) is 1. The van der Waals surface area contributed by atoms with Gasteiger partial charge in [0, 0.05) is 27.8 Å². The molecule has 0 bridgehead atoms. The standard InChI is InChI=1S/C26H30N2O2S/c1-17-4-12-22(13-5-17)27-25(29)20-8-10-21(11-9-20)26-28-24(19(3)30-26)16-31-23-14-6-18(2)7-15-23/h6-11,14-15,17,22H,4-5,12-13,16H2,1-3H3,(H,27,29). The summed E-state index contributed by atoms with van der Waals surface area (Å²) < 4.78 is 5.92. The minimum Gasteiger partial charge on any atom is -0.441 e. The van der Waals surface area contributed by atoms with Crippen molar-refractivity contribution in [2.24, 2.45) is 5.92 Å². The quantitative estimate of drug-likeness (QED) is 0.446. The van der Waals surface area contributed by atoms with E-state index < -0.39 is 0 Å². The predicted molar refractivity (Wildman–Crippen MR) is 126 cm³/mol. The van der Waals surface area contributed by atoms with Gasteiger partial charge in [-0.05, 0) is 81.8 Å². The summed E-state index contributed by atoms with van der Waals surface area (Å²) in [4.78, 5) is 18.5. The highest BCUT2D eigenvalue weighted by molar-refractivity contribution is 7.98. The first-order chi connectivity index (χ1) is 15.0. The number of benzene rings is 2. The van der Waals surface area contributed by atoms with Crippen LogP contribution in [0, 0.1) is 19.8 Å². The SMILES string of the molecule is Cc1ccc(SCc2nc(-c3ccc(C(=O)NC4CCC(C)CC4)cc3)oc2C)cc1. The van der Waals surface area contributed by atoms with Gasteiger partial charge in [0.2, 0.25) is 5.89 Å². The Bertz CT molecular complexity index is 1020. The average molecular weight is 435 g/mol. The minimum atomic E-state index is 0.00451. The van der Waals surface area contributed by atoms with Crippen LogP contribution in [0.2, 0.25) is 0 Å². The lowest BCUT2D eigenvalue weighted by Crippen LogP contribution is -2.37. The number of amides is 1. The molecule has 5 heteroatoms. The van der Waals surface area contributed by atoms with Gasteiger partial charge in [0.1, 0.15) is 5.76 Å². The third kappa shape index (κ3) is 5.59. The van der Waals surface area contributed by atoms with Gasteiger partial charge in [0.15, 0.2) is 0 Å². The fourth-order valence-electron chi connectivity index (χ4n) is 3.91. The van der Waals surface area contributed by atoms with Crippen molar-refractivity contribution in [1.82, 2.24) is 10.3 Å². The summed E-state index contributed by atoms with van der Waals surface area (Å²) >= 11 is 1.75. The van der Waals surface area contributed by atoms with E-state index in [0.717, 1.165) is 41.5 Å².